The van der Waals surface area contributed by atoms with E-state index in [9.17, 15) is 0 Å². The van der Waals surface area contributed by atoms with Crippen LogP contribution in [0.15, 0.2) is 24.3 Å². The van der Waals surface area contributed by atoms with Crippen molar-refractivity contribution in [1.82, 2.24) is 0 Å². The van der Waals surface area contributed by atoms with E-state index in [1.807, 2.05) is 12.1 Å². The second-order valence-corrected chi connectivity index (χ2v) is 8.55. The zero-order valence-corrected chi connectivity index (χ0v) is 9.65. The van der Waals surface area contributed by atoms with Gasteiger partial charge >= 0.3 is 0 Å². The van der Waals surface area contributed by atoms with Gasteiger partial charge in [-0.1, -0.05) is 12.1 Å². The Hall–Kier alpha value is -0.630. The topological polar surface area (TPSA) is 9.23 Å². The Labute approximate surface area is 82.4 Å². The molecule has 0 unspecified atom stereocenters. The first-order chi connectivity index (χ1) is 6.01. The molecule has 0 spiro atoms. The van der Waals surface area contributed by atoms with E-state index >= 15 is 0 Å². The van der Waals surface area contributed by atoms with Gasteiger partial charge in [0.1, 0.15) is 5.75 Å². The van der Waals surface area contributed by atoms with Gasteiger partial charge in [-0.05, 0) is 36.5 Å². The maximum atomic E-state index is 5.11. The van der Waals surface area contributed by atoms with Crippen LogP contribution in [0.25, 0.3) is 0 Å². The van der Waals surface area contributed by atoms with Crippen LogP contribution in [0.1, 0.15) is 5.56 Å². The van der Waals surface area contributed by atoms with Crippen molar-refractivity contribution in [3.05, 3.63) is 29.8 Å². The Morgan fingerprint density at radius 3 is 2.00 bits per heavy atom. The van der Waals surface area contributed by atoms with Crippen LogP contribution < -0.4 is 4.74 Å². The highest BCUT2D eigenvalue weighted by atomic mass is 32.3. The number of hydrogen-bond acceptors (Lipinski definition) is 1. The highest BCUT2D eigenvalue weighted by Gasteiger charge is 2.05. The molecule has 0 radical (unpaired) electrons. The van der Waals surface area contributed by atoms with E-state index in [1.54, 1.807) is 7.11 Å². The SMILES string of the molecule is COc1ccc(CS(C)(C)C)cc1. The lowest BCUT2D eigenvalue weighted by Gasteiger charge is -2.25. The molecular formula is C11H18OS. The van der Waals surface area contributed by atoms with Crippen molar-refractivity contribution in [1.29, 1.82) is 0 Å². The van der Waals surface area contributed by atoms with Crippen molar-refractivity contribution in [2.75, 3.05) is 25.9 Å². The molecule has 1 nitrogen and oxygen atoms in total. The van der Waals surface area contributed by atoms with Crippen molar-refractivity contribution in [2.24, 2.45) is 0 Å². The van der Waals surface area contributed by atoms with Gasteiger partial charge in [0.15, 0.2) is 0 Å². The first-order valence-electron chi connectivity index (χ1n) is 4.30. The minimum Gasteiger partial charge on any atom is -0.497 e. The van der Waals surface area contributed by atoms with E-state index in [-0.39, 0.29) is 0 Å². The number of ether oxygens (including phenoxy) is 1. The smallest absolute Gasteiger partial charge is 0.118 e. The molecule has 0 aliphatic carbocycles. The fourth-order valence-corrected chi connectivity index (χ4v) is 2.41. The monoisotopic (exact) mass is 198 g/mol. The van der Waals surface area contributed by atoms with Gasteiger partial charge in [-0.2, -0.15) is 0 Å². The molecular weight excluding hydrogens is 180 g/mol. The molecule has 0 bridgehead atoms. The third kappa shape index (κ3) is 3.73. The van der Waals surface area contributed by atoms with Gasteiger partial charge in [-0.15, -0.1) is 0 Å². The van der Waals surface area contributed by atoms with Gasteiger partial charge in [0.05, 0.1) is 7.11 Å². The Kier molecular flexibility index (Phi) is 3.26. The summed E-state index contributed by atoms with van der Waals surface area (Å²) in [7, 11) is 1.26. The first-order valence-corrected chi connectivity index (χ1v) is 7.33. The number of benzene rings is 1. The second kappa shape index (κ2) is 4.05. The molecule has 0 aromatic heterocycles. The number of rotatable bonds is 3. The average molecular weight is 198 g/mol. The van der Waals surface area contributed by atoms with Crippen LogP contribution in [0, 0.1) is 0 Å². The quantitative estimate of drug-likeness (QED) is 0.725. The summed E-state index contributed by atoms with van der Waals surface area (Å²) in [5.74, 6) is 2.13. The molecule has 1 aromatic rings. The van der Waals surface area contributed by atoms with Crippen LogP contribution in [0.4, 0.5) is 0 Å². The molecule has 2 heteroatoms. The average Bonchev–Trinajstić information content (AvgIpc) is 2.03. The zero-order valence-electron chi connectivity index (χ0n) is 8.83. The third-order valence-corrected chi connectivity index (χ3v) is 2.96. The van der Waals surface area contributed by atoms with Crippen LogP contribution >= 0.6 is 10.0 Å². The predicted octanol–water partition coefficient (Wildman–Crippen LogP) is 2.89. The Bertz CT molecular complexity index is 258. The van der Waals surface area contributed by atoms with E-state index < -0.39 is 10.0 Å². The zero-order chi connectivity index (χ0) is 9.90. The Balaban J connectivity index is 2.70. The molecule has 74 valence electrons. The Morgan fingerprint density at radius 2 is 1.62 bits per heavy atom. The van der Waals surface area contributed by atoms with Crippen LogP contribution in [0.2, 0.25) is 0 Å². The van der Waals surface area contributed by atoms with Gasteiger partial charge in [0.2, 0.25) is 0 Å². The van der Waals surface area contributed by atoms with Crippen LogP contribution in [0.3, 0.4) is 0 Å². The summed E-state index contributed by atoms with van der Waals surface area (Å²) in [5.41, 5.74) is 1.41. The molecule has 0 heterocycles. The third-order valence-electron chi connectivity index (χ3n) is 1.76. The van der Waals surface area contributed by atoms with Crippen molar-refractivity contribution in [3.8, 4) is 5.75 Å². The van der Waals surface area contributed by atoms with Gasteiger partial charge in [-0.3, -0.25) is 0 Å². The lowest BCUT2D eigenvalue weighted by atomic mass is 10.2. The number of hydrogen-bond donors (Lipinski definition) is 0. The molecule has 0 saturated heterocycles. The summed E-state index contributed by atoms with van der Waals surface area (Å²) in [5, 5.41) is 0. The highest BCUT2D eigenvalue weighted by Crippen LogP contribution is 2.39. The van der Waals surface area contributed by atoms with Crippen molar-refractivity contribution < 1.29 is 4.74 Å². The van der Waals surface area contributed by atoms with E-state index in [1.165, 1.54) is 11.3 Å². The van der Waals surface area contributed by atoms with Crippen LogP contribution in [-0.4, -0.2) is 25.9 Å². The fraction of sp³-hybridized carbons (Fsp3) is 0.455. The minimum atomic E-state index is -0.438. The van der Waals surface area contributed by atoms with Crippen LogP contribution in [-0.2, 0) is 5.75 Å². The van der Waals surface area contributed by atoms with Crippen molar-refractivity contribution in [2.45, 2.75) is 5.75 Å². The largest absolute Gasteiger partial charge is 0.497 e. The molecule has 0 atom stereocenters. The molecule has 0 N–H and O–H groups in total. The van der Waals surface area contributed by atoms with E-state index in [4.69, 9.17) is 4.74 Å². The molecule has 0 amide bonds. The fourth-order valence-electron chi connectivity index (χ4n) is 1.22. The van der Waals surface area contributed by atoms with E-state index in [2.05, 4.69) is 30.9 Å². The summed E-state index contributed by atoms with van der Waals surface area (Å²) >= 11 is 0. The maximum absolute atomic E-state index is 5.11. The Morgan fingerprint density at radius 1 is 1.08 bits per heavy atom. The first kappa shape index (κ1) is 10.5. The number of methoxy groups -OCH3 is 1. The lowest BCUT2D eigenvalue weighted by molar-refractivity contribution is 0.414. The maximum Gasteiger partial charge on any atom is 0.118 e. The van der Waals surface area contributed by atoms with Gasteiger partial charge in [0, 0.05) is 5.75 Å². The molecule has 1 aromatic carbocycles. The van der Waals surface area contributed by atoms with Crippen molar-refractivity contribution >= 4 is 10.0 Å². The van der Waals surface area contributed by atoms with Gasteiger partial charge < -0.3 is 4.74 Å². The summed E-state index contributed by atoms with van der Waals surface area (Å²) < 4.78 is 5.11. The summed E-state index contributed by atoms with van der Waals surface area (Å²) in [6.07, 6.45) is 6.99. The predicted molar refractivity (Wildman–Crippen MR) is 62.1 cm³/mol. The standard InChI is InChI=1S/C11H18OS/c1-12-11-7-5-10(6-8-11)9-13(2,3)4/h5-8H,9H2,1-4H3. The summed E-state index contributed by atoms with van der Waals surface area (Å²) in [4.78, 5) is 0. The molecule has 0 saturated carbocycles. The second-order valence-electron chi connectivity index (χ2n) is 4.08. The van der Waals surface area contributed by atoms with Gasteiger partial charge in [-0.25, -0.2) is 10.0 Å². The van der Waals surface area contributed by atoms with E-state index in [0.717, 1.165) is 5.75 Å². The van der Waals surface area contributed by atoms with E-state index in [0.29, 0.717) is 0 Å². The highest BCUT2D eigenvalue weighted by molar-refractivity contribution is 8.31. The lowest BCUT2D eigenvalue weighted by Crippen LogP contribution is -1.96. The molecule has 13 heavy (non-hydrogen) atoms. The molecule has 0 fully saturated rings. The minimum absolute atomic E-state index is 0.438. The summed E-state index contributed by atoms with van der Waals surface area (Å²) in [6.45, 7) is 0. The molecule has 1 rings (SSSR count). The normalized spacial score (nSPS) is 12.6. The van der Waals surface area contributed by atoms with Crippen molar-refractivity contribution in [3.63, 3.8) is 0 Å². The van der Waals surface area contributed by atoms with Gasteiger partial charge in [0.25, 0.3) is 0 Å². The summed E-state index contributed by atoms with van der Waals surface area (Å²) in [6, 6.07) is 8.36. The molecule has 0 aliphatic heterocycles. The molecule has 0 aliphatic rings. The van der Waals surface area contributed by atoms with Crippen LogP contribution in [0.5, 0.6) is 5.75 Å².